The van der Waals surface area contributed by atoms with Gasteiger partial charge in [-0.25, -0.2) is 13.4 Å². The molecular formula is C14H22N2O3S2. The number of thiazole rings is 1. The summed E-state index contributed by atoms with van der Waals surface area (Å²) in [6, 6.07) is 0. The second kappa shape index (κ2) is 5.35. The third-order valence-electron chi connectivity index (χ3n) is 3.48. The van der Waals surface area contributed by atoms with Gasteiger partial charge in [0.15, 0.2) is 9.84 Å². The molecule has 1 saturated heterocycles. The molecule has 118 valence electrons. The van der Waals surface area contributed by atoms with E-state index in [-0.39, 0.29) is 29.2 Å². The van der Waals surface area contributed by atoms with Gasteiger partial charge in [0.05, 0.1) is 34.2 Å². The summed E-state index contributed by atoms with van der Waals surface area (Å²) in [5, 5.41) is 5.75. The monoisotopic (exact) mass is 330 g/mol. The minimum atomic E-state index is -3.02. The maximum Gasteiger partial charge on any atom is 0.226 e. The van der Waals surface area contributed by atoms with Gasteiger partial charge in [0.2, 0.25) is 5.91 Å². The molecule has 21 heavy (non-hydrogen) atoms. The van der Waals surface area contributed by atoms with E-state index in [0.717, 1.165) is 10.7 Å². The zero-order chi connectivity index (χ0) is 15.9. The molecule has 1 amide bonds. The summed E-state index contributed by atoms with van der Waals surface area (Å²) in [5.74, 6) is 0.00500. The first-order valence-electron chi connectivity index (χ1n) is 6.95. The highest BCUT2D eigenvalue weighted by Gasteiger charge is 2.39. The van der Waals surface area contributed by atoms with E-state index in [2.05, 4.69) is 31.1 Å². The van der Waals surface area contributed by atoms with Crippen LogP contribution < -0.4 is 5.32 Å². The molecule has 5 nitrogen and oxygen atoms in total. The van der Waals surface area contributed by atoms with Crippen LogP contribution in [0.1, 0.15) is 44.8 Å². The summed E-state index contributed by atoms with van der Waals surface area (Å²) in [6.45, 7) is 8.04. The zero-order valence-corrected chi connectivity index (χ0v) is 14.5. The fourth-order valence-electron chi connectivity index (χ4n) is 2.39. The number of hydrogen-bond donors (Lipinski definition) is 1. The van der Waals surface area contributed by atoms with Crippen LogP contribution in [-0.4, -0.2) is 36.4 Å². The van der Waals surface area contributed by atoms with E-state index in [0.29, 0.717) is 6.42 Å². The van der Waals surface area contributed by atoms with Crippen molar-refractivity contribution >= 4 is 27.1 Å². The summed E-state index contributed by atoms with van der Waals surface area (Å²) in [7, 11) is -3.02. The van der Waals surface area contributed by atoms with E-state index < -0.39 is 15.4 Å². The molecule has 1 aromatic rings. The number of hydrogen-bond acceptors (Lipinski definition) is 5. The number of aromatic nitrogens is 1. The molecular weight excluding hydrogens is 308 g/mol. The van der Waals surface area contributed by atoms with Crippen LogP contribution in [0.5, 0.6) is 0 Å². The average Bonchev–Trinajstić information content (AvgIpc) is 2.82. The Morgan fingerprint density at radius 3 is 2.62 bits per heavy atom. The van der Waals surface area contributed by atoms with Gasteiger partial charge < -0.3 is 5.32 Å². The lowest BCUT2D eigenvalue weighted by Gasteiger charge is -2.23. The molecule has 2 heterocycles. The van der Waals surface area contributed by atoms with Gasteiger partial charge >= 0.3 is 0 Å². The van der Waals surface area contributed by atoms with Crippen LogP contribution in [-0.2, 0) is 26.5 Å². The molecule has 1 N–H and O–H groups in total. The summed E-state index contributed by atoms with van der Waals surface area (Å²) in [4.78, 5) is 16.6. The van der Waals surface area contributed by atoms with Gasteiger partial charge in [-0.15, -0.1) is 11.3 Å². The maximum absolute atomic E-state index is 12.1. The Balaban J connectivity index is 1.98. The van der Waals surface area contributed by atoms with Crippen molar-refractivity contribution < 1.29 is 13.2 Å². The molecule has 1 unspecified atom stereocenters. The Hall–Kier alpha value is -0.950. The highest BCUT2D eigenvalue weighted by Crippen LogP contribution is 2.26. The van der Waals surface area contributed by atoms with Crippen molar-refractivity contribution in [3.63, 3.8) is 0 Å². The van der Waals surface area contributed by atoms with E-state index >= 15 is 0 Å². The highest BCUT2D eigenvalue weighted by atomic mass is 32.2. The lowest BCUT2D eigenvalue weighted by Crippen LogP contribution is -2.47. The lowest BCUT2D eigenvalue weighted by molar-refractivity contribution is -0.122. The van der Waals surface area contributed by atoms with E-state index in [1.54, 1.807) is 18.3 Å². The molecule has 1 aliphatic rings. The largest absolute Gasteiger partial charge is 0.350 e. The van der Waals surface area contributed by atoms with Crippen molar-refractivity contribution in [2.24, 2.45) is 0 Å². The van der Waals surface area contributed by atoms with Gasteiger partial charge in [-0.3, -0.25) is 4.79 Å². The fourth-order valence-corrected chi connectivity index (χ4v) is 5.39. The molecule has 7 heteroatoms. The van der Waals surface area contributed by atoms with Crippen molar-refractivity contribution in [1.29, 1.82) is 0 Å². The third kappa shape index (κ3) is 4.26. The van der Waals surface area contributed by atoms with Crippen molar-refractivity contribution in [3.8, 4) is 0 Å². The van der Waals surface area contributed by atoms with Crippen LogP contribution in [0.25, 0.3) is 0 Å². The van der Waals surface area contributed by atoms with Crippen LogP contribution in [0.4, 0.5) is 0 Å². The fraction of sp³-hybridized carbons (Fsp3) is 0.714. The number of carbonyl (C=O) groups is 1. The van der Waals surface area contributed by atoms with Gasteiger partial charge in [-0.05, 0) is 13.3 Å². The predicted octanol–water partition coefficient (Wildman–Crippen LogP) is 1.68. The molecule has 1 aliphatic heterocycles. The van der Waals surface area contributed by atoms with Crippen molar-refractivity contribution in [3.05, 3.63) is 16.1 Å². The minimum absolute atomic E-state index is 0.0229. The second-order valence-corrected chi connectivity index (χ2v) is 10.1. The summed E-state index contributed by atoms with van der Waals surface area (Å²) < 4.78 is 23.1. The van der Waals surface area contributed by atoms with E-state index in [9.17, 15) is 13.2 Å². The van der Waals surface area contributed by atoms with Gasteiger partial charge in [0.25, 0.3) is 0 Å². The topological polar surface area (TPSA) is 76.1 Å². The quantitative estimate of drug-likeness (QED) is 0.915. The van der Waals surface area contributed by atoms with E-state index in [1.165, 1.54) is 0 Å². The van der Waals surface area contributed by atoms with Crippen molar-refractivity contribution in [1.82, 2.24) is 10.3 Å². The molecule has 0 aromatic carbocycles. The van der Waals surface area contributed by atoms with Crippen LogP contribution >= 0.6 is 11.3 Å². The Labute approximate surface area is 130 Å². The third-order valence-corrected chi connectivity index (χ3v) is 6.70. The Morgan fingerprint density at radius 2 is 2.14 bits per heavy atom. The van der Waals surface area contributed by atoms with Gasteiger partial charge in [0, 0.05) is 10.8 Å². The number of carbonyl (C=O) groups excluding carboxylic acids is 1. The molecule has 0 spiro atoms. The summed E-state index contributed by atoms with van der Waals surface area (Å²) in [6.07, 6.45) is 0.674. The van der Waals surface area contributed by atoms with Crippen molar-refractivity contribution in [2.75, 3.05) is 11.5 Å². The first-order chi connectivity index (χ1) is 9.49. The van der Waals surface area contributed by atoms with Crippen LogP contribution in [0, 0.1) is 0 Å². The molecule has 0 saturated carbocycles. The molecule has 1 atom stereocenters. The van der Waals surface area contributed by atoms with Crippen LogP contribution in [0.3, 0.4) is 0 Å². The second-order valence-electron chi connectivity index (χ2n) is 7.02. The Morgan fingerprint density at radius 1 is 1.48 bits per heavy atom. The number of nitrogens with one attached hydrogen (secondary N) is 1. The minimum Gasteiger partial charge on any atom is -0.350 e. The molecule has 0 radical (unpaired) electrons. The standard InChI is InChI=1S/C14H22N2O3S2/c1-13(2,3)12-15-10(8-20-12)7-11(17)16-14(4)5-6-21(18,19)9-14/h8H,5-7,9H2,1-4H3,(H,16,17). The normalized spacial score (nSPS) is 25.0. The molecule has 1 aromatic heterocycles. The van der Waals surface area contributed by atoms with Crippen LogP contribution in [0.15, 0.2) is 5.38 Å². The van der Waals surface area contributed by atoms with Gasteiger partial charge in [-0.1, -0.05) is 20.8 Å². The summed E-state index contributed by atoms with van der Waals surface area (Å²) >= 11 is 1.55. The number of nitrogens with zero attached hydrogens (tertiary/aromatic N) is 1. The van der Waals surface area contributed by atoms with Crippen LogP contribution in [0.2, 0.25) is 0 Å². The highest BCUT2D eigenvalue weighted by molar-refractivity contribution is 7.91. The number of amides is 1. The molecule has 1 fully saturated rings. The molecule has 0 aliphatic carbocycles. The first kappa shape index (κ1) is 16.4. The lowest BCUT2D eigenvalue weighted by atomic mass is 9.98. The zero-order valence-electron chi connectivity index (χ0n) is 12.9. The summed E-state index contributed by atoms with van der Waals surface area (Å²) in [5.41, 5.74) is 0.0795. The number of rotatable bonds is 3. The Kier molecular flexibility index (Phi) is 4.19. The smallest absolute Gasteiger partial charge is 0.226 e. The van der Waals surface area contributed by atoms with Gasteiger partial charge in [0.1, 0.15) is 0 Å². The SMILES string of the molecule is CC1(NC(=O)Cc2csc(C(C)(C)C)n2)CCS(=O)(=O)C1. The Bertz CT molecular complexity index is 643. The van der Waals surface area contributed by atoms with E-state index in [1.807, 2.05) is 5.38 Å². The van der Waals surface area contributed by atoms with Gasteiger partial charge in [-0.2, -0.15) is 0 Å². The number of sulfone groups is 1. The van der Waals surface area contributed by atoms with E-state index in [4.69, 9.17) is 0 Å². The first-order valence-corrected chi connectivity index (χ1v) is 9.66. The predicted molar refractivity (Wildman–Crippen MR) is 84.3 cm³/mol. The average molecular weight is 330 g/mol. The maximum atomic E-state index is 12.1. The molecule has 2 rings (SSSR count). The van der Waals surface area contributed by atoms with Crippen molar-refractivity contribution in [2.45, 2.75) is 51.5 Å². The molecule has 0 bridgehead atoms.